The summed E-state index contributed by atoms with van der Waals surface area (Å²) in [6, 6.07) is 50.7. The first kappa shape index (κ1) is 27.4. The number of allylic oxidation sites excluding steroid dienone is 5. The third-order valence-corrected chi connectivity index (χ3v) is 8.49. The number of anilines is 3. The van der Waals surface area contributed by atoms with Crippen LogP contribution in [0.15, 0.2) is 170 Å². The molecule has 1 atom stereocenters. The Kier molecular flexibility index (Phi) is 7.76. The molecule has 44 heavy (non-hydrogen) atoms. The topological polar surface area (TPSA) is 3.24 Å². The maximum atomic E-state index is 2.34. The van der Waals surface area contributed by atoms with Crippen LogP contribution in [0.4, 0.5) is 17.1 Å². The molecule has 1 aliphatic carbocycles. The highest BCUT2D eigenvalue weighted by atomic mass is 15.1. The molecule has 0 saturated heterocycles. The molecule has 0 aliphatic heterocycles. The van der Waals surface area contributed by atoms with E-state index in [1.54, 1.807) is 0 Å². The lowest BCUT2D eigenvalue weighted by Crippen LogP contribution is -2.09. The first-order valence-electron chi connectivity index (χ1n) is 15.4. The minimum Gasteiger partial charge on any atom is -0.310 e. The van der Waals surface area contributed by atoms with Gasteiger partial charge in [0.2, 0.25) is 0 Å². The van der Waals surface area contributed by atoms with Gasteiger partial charge in [0.15, 0.2) is 0 Å². The van der Waals surface area contributed by atoms with Crippen molar-refractivity contribution in [3.05, 3.63) is 181 Å². The molecule has 0 bridgehead atoms. The maximum Gasteiger partial charge on any atom is 0.0467 e. The van der Waals surface area contributed by atoms with Crippen molar-refractivity contribution in [1.82, 2.24) is 0 Å². The van der Waals surface area contributed by atoms with Crippen molar-refractivity contribution in [3.63, 3.8) is 0 Å². The van der Waals surface area contributed by atoms with E-state index in [4.69, 9.17) is 0 Å². The molecule has 0 spiro atoms. The summed E-state index contributed by atoms with van der Waals surface area (Å²) in [5, 5.41) is 2.52. The van der Waals surface area contributed by atoms with Gasteiger partial charge in [0.05, 0.1) is 0 Å². The smallest absolute Gasteiger partial charge is 0.0467 e. The van der Waals surface area contributed by atoms with E-state index in [1.165, 1.54) is 44.2 Å². The van der Waals surface area contributed by atoms with Gasteiger partial charge in [0, 0.05) is 23.0 Å². The molecule has 0 heterocycles. The molecule has 0 fully saturated rings. The molecule has 0 N–H and O–H groups in total. The molecule has 1 unspecified atom stereocenters. The Balaban J connectivity index is 1.26. The number of fused-ring (bicyclic) bond motifs is 1. The lowest BCUT2D eigenvalue weighted by atomic mass is 9.91. The van der Waals surface area contributed by atoms with Crippen LogP contribution in [0.1, 0.15) is 30.4 Å². The second-order valence-electron chi connectivity index (χ2n) is 11.3. The minimum atomic E-state index is 0.458. The van der Waals surface area contributed by atoms with Gasteiger partial charge in [-0.15, -0.1) is 0 Å². The van der Waals surface area contributed by atoms with E-state index in [0.29, 0.717) is 5.92 Å². The van der Waals surface area contributed by atoms with Crippen LogP contribution in [-0.4, -0.2) is 0 Å². The highest BCUT2D eigenvalue weighted by Gasteiger charge is 2.15. The number of nitrogens with zero attached hydrogens (tertiary/aromatic N) is 1. The molecule has 1 heteroatoms. The Bertz CT molecular complexity index is 1980. The van der Waals surface area contributed by atoms with Crippen LogP contribution in [0.25, 0.3) is 39.1 Å². The van der Waals surface area contributed by atoms with Crippen LogP contribution >= 0.6 is 0 Å². The standard InChI is InChI=1S/C43H35N/c1-2-12-36-26-25-35-15-9-10-20-42(35)43(36)37-27-29-40(30-28-37)44(39-17-7-4-8-18-39)41-19-11-16-38(31-41)34-23-21-33(22-24-34)32-13-5-3-6-14-32/h2-13,15-32H,14H2,1H3/b12-2-. The highest BCUT2D eigenvalue weighted by molar-refractivity contribution is 6.01. The first-order chi connectivity index (χ1) is 21.8. The van der Waals surface area contributed by atoms with Crippen molar-refractivity contribution < 1.29 is 0 Å². The molecular formula is C43H35N. The van der Waals surface area contributed by atoms with Gasteiger partial charge in [-0.2, -0.15) is 0 Å². The summed E-state index contributed by atoms with van der Waals surface area (Å²) in [5.74, 6) is 0.458. The Labute approximate surface area is 260 Å². The zero-order chi connectivity index (χ0) is 29.7. The third kappa shape index (κ3) is 5.53. The lowest BCUT2D eigenvalue weighted by molar-refractivity contribution is 0.854. The van der Waals surface area contributed by atoms with Crippen LogP contribution in [-0.2, 0) is 0 Å². The molecule has 0 saturated carbocycles. The van der Waals surface area contributed by atoms with Crippen molar-refractivity contribution >= 4 is 33.9 Å². The monoisotopic (exact) mass is 565 g/mol. The number of hydrogen-bond acceptors (Lipinski definition) is 1. The van der Waals surface area contributed by atoms with E-state index in [-0.39, 0.29) is 0 Å². The van der Waals surface area contributed by atoms with Gasteiger partial charge in [-0.3, -0.25) is 0 Å². The second-order valence-corrected chi connectivity index (χ2v) is 11.3. The summed E-state index contributed by atoms with van der Waals surface area (Å²) in [6.45, 7) is 2.08. The van der Waals surface area contributed by atoms with Gasteiger partial charge < -0.3 is 4.90 Å². The van der Waals surface area contributed by atoms with Gasteiger partial charge in [-0.05, 0) is 93.9 Å². The summed E-state index contributed by atoms with van der Waals surface area (Å²) < 4.78 is 0. The fourth-order valence-electron chi connectivity index (χ4n) is 6.31. The molecule has 1 aliphatic rings. The largest absolute Gasteiger partial charge is 0.310 e. The summed E-state index contributed by atoms with van der Waals surface area (Å²) in [4.78, 5) is 2.34. The summed E-state index contributed by atoms with van der Waals surface area (Å²) in [7, 11) is 0. The highest BCUT2D eigenvalue weighted by Crippen LogP contribution is 2.39. The van der Waals surface area contributed by atoms with Gasteiger partial charge in [0.1, 0.15) is 0 Å². The molecule has 7 rings (SSSR count). The number of para-hydroxylation sites is 1. The predicted octanol–water partition coefficient (Wildman–Crippen LogP) is 12.3. The average Bonchev–Trinajstić information content (AvgIpc) is 3.10. The van der Waals surface area contributed by atoms with Gasteiger partial charge in [0.25, 0.3) is 0 Å². The predicted molar refractivity (Wildman–Crippen MR) is 190 cm³/mol. The zero-order valence-electron chi connectivity index (χ0n) is 25.0. The van der Waals surface area contributed by atoms with Crippen LogP contribution in [0, 0.1) is 0 Å². The summed E-state index contributed by atoms with van der Waals surface area (Å²) in [6.07, 6.45) is 14.2. The lowest BCUT2D eigenvalue weighted by Gasteiger charge is -2.26. The number of benzene rings is 6. The zero-order valence-corrected chi connectivity index (χ0v) is 25.0. The second kappa shape index (κ2) is 12.5. The molecule has 0 amide bonds. The van der Waals surface area contributed by atoms with E-state index < -0.39 is 0 Å². The third-order valence-electron chi connectivity index (χ3n) is 8.49. The number of rotatable bonds is 7. The van der Waals surface area contributed by atoms with E-state index in [1.807, 2.05) is 0 Å². The minimum absolute atomic E-state index is 0.458. The Hall–Kier alpha value is -5.40. The number of hydrogen-bond donors (Lipinski definition) is 0. The van der Waals surface area contributed by atoms with Crippen molar-refractivity contribution in [2.24, 2.45) is 0 Å². The summed E-state index contributed by atoms with van der Waals surface area (Å²) in [5.41, 5.74) is 10.9. The van der Waals surface area contributed by atoms with E-state index >= 15 is 0 Å². The van der Waals surface area contributed by atoms with Crippen LogP contribution < -0.4 is 4.90 Å². The van der Waals surface area contributed by atoms with E-state index in [2.05, 4.69) is 188 Å². The van der Waals surface area contributed by atoms with Crippen molar-refractivity contribution in [3.8, 4) is 22.3 Å². The summed E-state index contributed by atoms with van der Waals surface area (Å²) >= 11 is 0. The fourth-order valence-corrected chi connectivity index (χ4v) is 6.31. The maximum absolute atomic E-state index is 2.34. The van der Waals surface area contributed by atoms with E-state index in [9.17, 15) is 0 Å². The van der Waals surface area contributed by atoms with Crippen molar-refractivity contribution in [1.29, 1.82) is 0 Å². The van der Waals surface area contributed by atoms with Crippen LogP contribution in [0.2, 0.25) is 0 Å². The first-order valence-corrected chi connectivity index (χ1v) is 15.4. The van der Waals surface area contributed by atoms with Crippen LogP contribution in [0.5, 0.6) is 0 Å². The van der Waals surface area contributed by atoms with Crippen molar-refractivity contribution in [2.75, 3.05) is 4.90 Å². The quantitative estimate of drug-likeness (QED) is 0.186. The Morgan fingerprint density at radius 2 is 1.32 bits per heavy atom. The van der Waals surface area contributed by atoms with Gasteiger partial charge in [-0.1, -0.05) is 140 Å². The molecule has 6 aromatic rings. The molecule has 0 aromatic heterocycles. The SMILES string of the molecule is C/C=C\c1ccc2ccccc2c1-c1ccc(N(c2ccccc2)c2cccc(-c3ccc(C4C=CC=CC4)cc3)c2)cc1. The molecule has 1 nitrogen and oxygen atoms in total. The van der Waals surface area contributed by atoms with Crippen LogP contribution in [0.3, 0.4) is 0 Å². The fraction of sp³-hybridized carbons (Fsp3) is 0.0698. The molecule has 0 radical (unpaired) electrons. The molecular weight excluding hydrogens is 530 g/mol. The van der Waals surface area contributed by atoms with Gasteiger partial charge in [-0.25, -0.2) is 0 Å². The molecule has 212 valence electrons. The Morgan fingerprint density at radius 1 is 0.591 bits per heavy atom. The normalized spacial score (nSPS) is 14.3. The average molecular weight is 566 g/mol. The van der Waals surface area contributed by atoms with E-state index in [0.717, 1.165) is 23.5 Å². The van der Waals surface area contributed by atoms with Crippen molar-refractivity contribution in [2.45, 2.75) is 19.3 Å². The Morgan fingerprint density at radius 3 is 2.09 bits per heavy atom. The molecule has 6 aromatic carbocycles. The van der Waals surface area contributed by atoms with Gasteiger partial charge >= 0.3 is 0 Å².